The van der Waals surface area contributed by atoms with Gasteiger partial charge in [0.2, 0.25) is 5.89 Å². The van der Waals surface area contributed by atoms with Crippen molar-refractivity contribution in [3.63, 3.8) is 0 Å². The zero-order valence-corrected chi connectivity index (χ0v) is 13.9. The molecular weight excluding hydrogens is 333 g/mol. The second-order valence-electron chi connectivity index (χ2n) is 8.15. The highest BCUT2D eigenvalue weighted by molar-refractivity contribution is 5.47. The number of nitrogens with zero attached hydrogens (tertiary/aromatic N) is 4. The van der Waals surface area contributed by atoms with E-state index in [4.69, 9.17) is 4.42 Å². The summed E-state index contributed by atoms with van der Waals surface area (Å²) in [6, 6.07) is 0.969. The third kappa shape index (κ3) is 2.33. The summed E-state index contributed by atoms with van der Waals surface area (Å²) in [4.78, 5) is 0. The summed E-state index contributed by atoms with van der Waals surface area (Å²) in [6.45, 7) is 0. The minimum atomic E-state index is -4.46. The van der Waals surface area contributed by atoms with Crippen molar-refractivity contribution in [3.8, 4) is 11.6 Å². The van der Waals surface area contributed by atoms with E-state index in [2.05, 4.69) is 15.3 Å². The van der Waals surface area contributed by atoms with Gasteiger partial charge in [-0.1, -0.05) is 0 Å². The molecule has 6 rings (SSSR count). The van der Waals surface area contributed by atoms with Crippen molar-refractivity contribution in [3.05, 3.63) is 17.7 Å². The van der Waals surface area contributed by atoms with Crippen molar-refractivity contribution in [1.29, 1.82) is 0 Å². The normalized spacial score (nSPS) is 34.0. The van der Waals surface area contributed by atoms with Crippen molar-refractivity contribution in [2.24, 2.45) is 24.8 Å². The number of alkyl halides is 3. The highest BCUT2D eigenvalue weighted by Crippen LogP contribution is 2.60. The summed E-state index contributed by atoms with van der Waals surface area (Å²) in [5, 5.41) is 12.2. The molecule has 2 heterocycles. The van der Waals surface area contributed by atoms with E-state index in [0.29, 0.717) is 5.89 Å². The topological polar surface area (TPSA) is 56.7 Å². The molecule has 4 bridgehead atoms. The number of aryl methyl sites for hydroxylation is 1. The highest BCUT2D eigenvalue weighted by Gasteiger charge is 2.54. The maximum absolute atomic E-state index is 13.0. The molecule has 0 saturated heterocycles. The average Bonchev–Trinajstić information content (AvgIpc) is 3.11. The van der Waals surface area contributed by atoms with E-state index in [0.717, 1.165) is 47.8 Å². The predicted octanol–water partition coefficient (Wildman–Crippen LogP) is 3.96. The molecule has 0 amide bonds. The second-order valence-corrected chi connectivity index (χ2v) is 8.15. The first-order valence-corrected chi connectivity index (χ1v) is 8.78. The quantitative estimate of drug-likeness (QED) is 0.821. The van der Waals surface area contributed by atoms with Gasteiger partial charge in [-0.25, -0.2) is 0 Å². The number of rotatable bonds is 2. The van der Waals surface area contributed by atoms with Crippen LogP contribution in [0, 0.1) is 17.8 Å². The molecule has 0 aliphatic heterocycles. The minimum Gasteiger partial charge on any atom is -0.419 e. The van der Waals surface area contributed by atoms with Crippen molar-refractivity contribution < 1.29 is 17.6 Å². The lowest BCUT2D eigenvalue weighted by molar-refractivity contribution is -0.143. The maximum atomic E-state index is 13.0. The van der Waals surface area contributed by atoms with Gasteiger partial charge >= 0.3 is 6.18 Å². The molecule has 0 aromatic carbocycles. The van der Waals surface area contributed by atoms with E-state index in [-0.39, 0.29) is 17.0 Å². The largest absolute Gasteiger partial charge is 0.433 e. The Labute approximate surface area is 142 Å². The van der Waals surface area contributed by atoms with Crippen LogP contribution in [0.25, 0.3) is 11.6 Å². The number of aromatic nitrogens is 4. The van der Waals surface area contributed by atoms with Gasteiger partial charge in [-0.15, -0.1) is 10.2 Å². The summed E-state index contributed by atoms with van der Waals surface area (Å²) >= 11 is 0. The summed E-state index contributed by atoms with van der Waals surface area (Å²) < 4.78 is 45.6. The van der Waals surface area contributed by atoms with E-state index in [1.807, 2.05) is 0 Å². The Kier molecular flexibility index (Phi) is 2.99. The molecule has 2 aromatic rings. The van der Waals surface area contributed by atoms with Crippen LogP contribution in [0.2, 0.25) is 0 Å². The summed E-state index contributed by atoms with van der Waals surface area (Å²) in [7, 11) is 1.27. The fourth-order valence-corrected chi connectivity index (χ4v) is 5.75. The third-order valence-electron chi connectivity index (χ3n) is 6.31. The van der Waals surface area contributed by atoms with Gasteiger partial charge in [0.15, 0.2) is 0 Å². The van der Waals surface area contributed by atoms with Crippen LogP contribution in [-0.2, 0) is 18.6 Å². The Bertz CT molecular complexity index is 787. The van der Waals surface area contributed by atoms with E-state index in [1.165, 1.54) is 26.3 Å². The first-order chi connectivity index (χ1) is 11.8. The van der Waals surface area contributed by atoms with Crippen LogP contribution in [0.5, 0.6) is 0 Å². The summed E-state index contributed by atoms with van der Waals surface area (Å²) in [6.07, 6.45) is 2.65. The number of hydrogen-bond acceptors (Lipinski definition) is 4. The fourth-order valence-electron chi connectivity index (χ4n) is 5.75. The lowest BCUT2D eigenvalue weighted by Crippen LogP contribution is -2.48. The molecule has 2 aromatic heterocycles. The van der Waals surface area contributed by atoms with Gasteiger partial charge in [0.05, 0.1) is 0 Å². The van der Waals surface area contributed by atoms with E-state index in [1.54, 1.807) is 0 Å². The van der Waals surface area contributed by atoms with Crippen molar-refractivity contribution in [2.75, 3.05) is 0 Å². The maximum Gasteiger partial charge on any atom is 0.433 e. The number of hydrogen-bond donors (Lipinski definition) is 0. The monoisotopic (exact) mass is 352 g/mol. The van der Waals surface area contributed by atoms with Crippen LogP contribution in [0.1, 0.15) is 50.1 Å². The molecule has 25 heavy (non-hydrogen) atoms. The Balaban J connectivity index is 1.49. The summed E-state index contributed by atoms with van der Waals surface area (Å²) in [5.41, 5.74) is -0.808. The average molecular weight is 352 g/mol. The van der Waals surface area contributed by atoms with Gasteiger partial charge in [-0.05, 0) is 56.3 Å². The molecule has 0 atom stereocenters. The first kappa shape index (κ1) is 15.4. The van der Waals surface area contributed by atoms with Gasteiger partial charge in [0.25, 0.3) is 5.89 Å². The van der Waals surface area contributed by atoms with Crippen LogP contribution < -0.4 is 0 Å². The van der Waals surface area contributed by atoms with E-state index < -0.39 is 11.9 Å². The third-order valence-corrected chi connectivity index (χ3v) is 6.31. The SMILES string of the molecule is Cn1nc(-c2nnc(C34CC5CC(CC(C5)C3)C4)o2)cc1C(F)(F)F. The highest BCUT2D eigenvalue weighted by atomic mass is 19.4. The van der Waals surface area contributed by atoms with Crippen molar-refractivity contribution in [1.82, 2.24) is 20.0 Å². The Morgan fingerprint density at radius 3 is 2.20 bits per heavy atom. The van der Waals surface area contributed by atoms with Gasteiger partial charge in [-0.2, -0.15) is 18.3 Å². The Hall–Kier alpha value is -1.86. The summed E-state index contributed by atoms with van der Waals surface area (Å²) in [5.74, 6) is 2.87. The zero-order chi connectivity index (χ0) is 17.4. The van der Waals surface area contributed by atoms with Crippen molar-refractivity contribution >= 4 is 0 Å². The lowest BCUT2D eigenvalue weighted by atomic mass is 9.49. The van der Waals surface area contributed by atoms with Gasteiger partial charge in [-0.3, -0.25) is 4.68 Å². The van der Waals surface area contributed by atoms with E-state index >= 15 is 0 Å². The van der Waals surface area contributed by atoms with Crippen LogP contribution in [-0.4, -0.2) is 20.0 Å². The molecule has 0 spiro atoms. The molecule has 5 nitrogen and oxygen atoms in total. The van der Waals surface area contributed by atoms with Gasteiger partial charge in [0.1, 0.15) is 11.4 Å². The molecule has 4 fully saturated rings. The molecule has 8 heteroatoms. The fraction of sp³-hybridized carbons (Fsp3) is 0.706. The first-order valence-electron chi connectivity index (χ1n) is 8.78. The minimum absolute atomic E-state index is 0.0678. The lowest BCUT2D eigenvalue weighted by Gasteiger charge is -2.55. The standard InChI is InChI=1S/C17H19F3N4O/c1-24-13(17(18,19)20)5-12(23-24)14-21-22-15(25-14)16-6-9-2-10(7-16)4-11(3-9)8-16/h5,9-11H,2-4,6-8H2,1H3. The van der Waals surface area contributed by atoms with Crippen LogP contribution in [0.4, 0.5) is 13.2 Å². The smallest absolute Gasteiger partial charge is 0.419 e. The Morgan fingerprint density at radius 1 is 1.08 bits per heavy atom. The molecule has 0 radical (unpaired) electrons. The van der Waals surface area contributed by atoms with Crippen LogP contribution in [0.15, 0.2) is 10.5 Å². The van der Waals surface area contributed by atoms with Crippen LogP contribution >= 0.6 is 0 Å². The molecule has 134 valence electrons. The molecule has 4 aliphatic carbocycles. The van der Waals surface area contributed by atoms with Crippen molar-refractivity contribution in [2.45, 2.75) is 50.1 Å². The predicted molar refractivity (Wildman–Crippen MR) is 81.4 cm³/mol. The van der Waals surface area contributed by atoms with Crippen LogP contribution in [0.3, 0.4) is 0 Å². The second kappa shape index (κ2) is 4.86. The molecule has 4 saturated carbocycles. The number of halogens is 3. The van der Waals surface area contributed by atoms with E-state index in [9.17, 15) is 13.2 Å². The molecular formula is C17H19F3N4O. The zero-order valence-electron chi connectivity index (χ0n) is 13.9. The van der Waals surface area contributed by atoms with Gasteiger partial charge < -0.3 is 4.42 Å². The molecule has 4 aliphatic rings. The molecule has 0 N–H and O–H groups in total. The molecule has 0 unspecified atom stereocenters. The Morgan fingerprint density at radius 2 is 1.68 bits per heavy atom. The van der Waals surface area contributed by atoms with Gasteiger partial charge in [0, 0.05) is 18.5 Å².